The van der Waals surface area contributed by atoms with Gasteiger partial charge in [-0.05, 0) is 54.3 Å². The first-order valence-corrected chi connectivity index (χ1v) is 13.7. The van der Waals surface area contributed by atoms with Gasteiger partial charge in [0.25, 0.3) is 5.91 Å². The van der Waals surface area contributed by atoms with Crippen LogP contribution in [0.4, 0.5) is 4.79 Å². The minimum atomic E-state index is -1.06. The number of hydrogen-bond acceptors (Lipinski definition) is 4. The summed E-state index contributed by atoms with van der Waals surface area (Å²) in [6, 6.07) is 17.6. The highest BCUT2D eigenvalue weighted by Gasteiger charge is 2.43. The van der Waals surface area contributed by atoms with Gasteiger partial charge in [-0.3, -0.25) is 14.4 Å². The zero-order chi connectivity index (χ0) is 28.8. The lowest BCUT2D eigenvalue weighted by Gasteiger charge is -2.36. The van der Waals surface area contributed by atoms with E-state index in [-0.39, 0.29) is 25.6 Å². The molecule has 0 aliphatic carbocycles. The van der Waals surface area contributed by atoms with Crippen LogP contribution in [0, 0.1) is 0 Å². The van der Waals surface area contributed by atoms with Crippen LogP contribution in [-0.4, -0.2) is 65.3 Å². The second-order valence-electron chi connectivity index (χ2n) is 9.90. The number of carbonyl (C=O) groups is 4. The van der Waals surface area contributed by atoms with E-state index in [0.717, 1.165) is 16.3 Å². The summed E-state index contributed by atoms with van der Waals surface area (Å²) < 4.78 is 0. The van der Waals surface area contributed by atoms with Gasteiger partial charge in [0.1, 0.15) is 12.1 Å². The number of carbonyl (C=O) groups excluding carboxylic acids is 4. The molecule has 0 aromatic heterocycles. The number of nitrogens with zero attached hydrogens (tertiary/aromatic N) is 2. The average molecular weight is 564 g/mol. The topological polar surface area (TPSA) is 125 Å². The van der Waals surface area contributed by atoms with E-state index in [9.17, 15) is 19.2 Å². The Balaban J connectivity index is 1.72. The Kier molecular flexibility index (Phi) is 9.26. The van der Waals surface area contributed by atoms with Crippen molar-refractivity contribution in [1.82, 2.24) is 20.4 Å². The van der Waals surface area contributed by atoms with Crippen LogP contribution in [0.1, 0.15) is 37.4 Å². The molecular formula is C30H34ClN5O4. The van der Waals surface area contributed by atoms with Crippen LogP contribution in [-0.2, 0) is 20.8 Å². The summed E-state index contributed by atoms with van der Waals surface area (Å²) >= 11 is 6.30. The minimum absolute atomic E-state index is 0.225. The molecule has 4 rings (SSSR count). The van der Waals surface area contributed by atoms with Gasteiger partial charge in [-0.15, -0.1) is 0 Å². The normalized spacial score (nSPS) is 18.2. The lowest BCUT2D eigenvalue weighted by molar-refractivity contribution is -0.148. The number of primary amides is 1. The van der Waals surface area contributed by atoms with Gasteiger partial charge in [-0.2, -0.15) is 0 Å². The van der Waals surface area contributed by atoms with Crippen molar-refractivity contribution >= 4 is 46.1 Å². The molecule has 1 fully saturated rings. The SMILES string of the molecule is CCNC(=O)NCC(=O)N1[C@H](C)CCN(C(Cc2cccc3ccccc23)C(N)=O)C(=O)[C@@H]1c1cccc(Cl)c1. The molecule has 9 nitrogen and oxygen atoms in total. The number of nitrogens with two attached hydrogens (primary N) is 1. The summed E-state index contributed by atoms with van der Waals surface area (Å²) in [6.45, 7) is 3.96. The maximum atomic E-state index is 14.3. The highest BCUT2D eigenvalue weighted by atomic mass is 35.5. The van der Waals surface area contributed by atoms with E-state index in [2.05, 4.69) is 10.6 Å². The molecule has 210 valence electrons. The van der Waals surface area contributed by atoms with E-state index in [1.165, 1.54) is 9.80 Å². The van der Waals surface area contributed by atoms with E-state index in [1.807, 2.05) is 49.4 Å². The number of benzene rings is 3. The summed E-state index contributed by atoms with van der Waals surface area (Å²) in [5.41, 5.74) is 7.33. The average Bonchev–Trinajstić information content (AvgIpc) is 3.06. The predicted molar refractivity (Wildman–Crippen MR) is 155 cm³/mol. The van der Waals surface area contributed by atoms with Crippen LogP contribution in [0.5, 0.6) is 0 Å². The van der Waals surface area contributed by atoms with E-state index < -0.39 is 35.8 Å². The van der Waals surface area contributed by atoms with E-state index in [1.54, 1.807) is 31.2 Å². The molecule has 4 N–H and O–H groups in total. The monoisotopic (exact) mass is 563 g/mol. The third-order valence-electron chi connectivity index (χ3n) is 7.25. The van der Waals surface area contributed by atoms with Gasteiger partial charge in [0.15, 0.2) is 0 Å². The zero-order valence-corrected chi connectivity index (χ0v) is 23.4. The number of nitrogens with one attached hydrogen (secondary N) is 2. The molecule has 5 amide bonds. The molecule has 0 saturated carbocycles. The van der Waals surface area contributed by atoms with Gasteiger partial charge in [0.05, 0.1) is 6.54 Å². The highest BCUT2D eigenvalue weighted by molar-refractivity contribution is 6.30. The summed E-state index contributed by atoms with van der Waals surface area (Å²) in [5.74, 6) is -1.48. The third kappa shape index (κ3) is 6.37. The molecule has 1 aliphatic heterocycles. The first-order valence-electron chi connectivity index (χ1n) is 13.4. The number of halogens is 1. The van der Waals surface area contributed by atoms with E-state index in [4.69, 9.17) is 17.3 Å². The molecule has 1 saturated heterocycles. The molecule has 10 heteroatoms. The minimum Gasteiger partial charge on any atom is -0.368 e. The Morgan fingerprint density at radius 2 is 1.77 bits per heavy atom. The molecule has 40 heavy (non-hydrogen) atoms. The second kappa shape index (κ2) is 12.8. The van der Waals surface area contributed by atoms with Gasteiger partial charge in [0, 0.05) is 30.6 Å². The fraction of sp³-hybridized carbons (Fsp3) is 0.333. The van der Waals surface area contributed by atoms with Gasteiger partial charge < -0.3 is 26.2 Å². The van der Waals surface area contributed by atoms with Crippen molar-refractivity contribution in [3.05, 3.63) is 82.9 Å². The Morgan fingerprint density at radius 1 is 1.05 bits per heavy atom. The van der Waals surface area contributed by atoms with Crippen LogP contribution in [0.25, 0.3) is 10.8 Å². The van der Waals surface area contributed by atoms with E-state index >= 15 is 0 Å². The van der Waals surface area contributed by atoms with Crippen LogP contribution < -0.4 is 16.4 Å². The number of hydrogen-bond donors (Lipinski definition) is 3. The van der Waals surface area contributed by atoms with Crippen molar-refractivity contribution in [1.29, 1.82) is 0 Å². The Morgan fingerprint density at radius 3 is 2.50 bits per heavy atom. The van der Waals surface area contributed by atoms with Gasteiger partial charge in [-0.1, -0.05) is 66.2 Å². The largest absolute Gasteiger partial charge is 0.368 e. The number of amides is 5. The summed E-state index contributed by atoms with van der Waals surface area (Å²) in [4.78, 5) is 55.7. The van der Waals surface area contributed by atoms with Crippen LogP contribution in [0.2, 0.25) is 5.02 Å². The number of rotatable bonds is 8. The number of fused-ring (bicyclic) bond motifs is 1. The fourth-order valence-electron chi connectivity index (χ4n) is 5.30. The van der Waals surface area contributed by atoms with Crippen molar-refractivity contribution in [3.8, 4) is 0 Å². The van der Waals surface area contributed by atoms with Crippen molar-refractivity contribution in [2.24, 2.45) is 5.73 Å². The molecule has 0 spiro atoms. The smallest absolute Gasteiger partial charge is 0.315 e. The molecule has 1 unspecified atom stereocenters. The van der Waals surface area contributed by atoms with Crippen LogP contribution in [0.3, 0.4) is 0 Å². The Labute approximate surface area is 238 Å². The van der Waals surface area contributed by atoms with Crippen molar-refractivity contribution in [3.63, 3.8) is 0 Å². The first-order chi connectivity index (χ1) is 19.2. The van der Waals surface area contributed by atoms with Crippen molar-refractivity contribution < 1.29 is 19.2 Å². The predicted octanol–water partition coefficient (Wildman–Crippen LogP) is 3.40. The first kappa shape index (κ1) is 28.9. The standard InChI is InChI=1S/C30H34ClN5O4/c1-3-33-30(40)34-18-26(37)36-19(2)14-15-35(29(39)27(36)22-11-7-12-23(31)16-22)25(28(32)38)17-21-10-6-9-20-8-4-5-13-24(20)21/h4-13,16,19,25,27H,3,14-15,17-18H2,1-2H3,(H2,32,38)(H2,33,34,40)/t19-,25?,27+/m1/s1. The van der Waals surface area contributed by atoms with Crippen LogP contribution in [0.15, 0.2) is 66.7 Å². The molecule has 3 aromatic rings. The van der Waals surface area contributed by atoms with Crippen molar-refractivity contribution in [2.45, 2.75) is 44.8 Å². The van der Waals surface area contributed by atoms with Gasteiger partial charge >= 0.3 is 6.03 Å². The zero-order valence-electron chi connectivity index (χ0n) is 22.6. The van der Waals surface area contributed by atoms with Crippen LogP contribution >= 0.6 is 11.6 Å². The molecule has 3 aromatic carbocycles. The summed E-state index contributed by atoms with van der Waals surface area (Å²) in [7, 11) is 0. The summed E-state index contributed by atoms with van der Waals surface area (Å²) in [6.07, 6.45) is 0.640. The Bertz CT molecular complexity index is 1410. The maximum absolute atomic E-state index is 14.3. The number of urea groups is 1. The lowest BCUT2D eigenvalue weighted by atomic mass is 9.96. The molecule has 1 aliphatic rings. The van der Waals surface area contributed by atoms with Gasteiger partial charge in [-0.25, -0.2) is 4.79 Å². The molecule has 0 radical (unpaired) electrons. The van der Waals surface area contributed by atoms with E-state index in [0.29, 0.717) is 23.6 Å². The molecule has 0 bridgehead atoms. The quantitative estimate of drug-likeness (QED) is 0.388. The molecule has 1 heterocycles. The molecule has 3 atom stereocenters. The second-order valence-corrected chi connectivity index (χ2v) is 10.3. The fourth-order valence-corrected chi connectivity index (χ4v) is 5.50. The third-order valence-corrected chi connectivity index (χ3v) is 7.48. The van der Waals surface area contributed by atoms with Crippen molar-refractivity contribution in [2.75, 3.05) is 19.6 Å². The summed E-state index contributed by atoms with van der Waals surface area (Å²) in [5, 5.41) is 7.55. The maximum Gasteiger partial charge on any atom is 0.315 e. The highest BCUT2D eigenvalue weighted by Crippen LogP contribution is 2.33. The van der Waals surface area contributed by atoms with Gasteiger partial charge in [0.2, 0.25) is 11.8 Å². The Hall–Kier alpha value is -4.11. The molecular weight excluding hydrogens is 530 g/mol. The lowest BCUT2D eigenvalue weighted by Crippen LogP contribution is -2.53.